The Morgan fingerprint density at radius 1 is 1.42 bits per heavy atom. The van der Waals surface area contributed by atoms with Crippen molar-refractivity contribution in [1.29, 1.82) is 0 Å². The molecule has 0 radical (unpaired) electrons. The van der Waals surface area contributed by atoms with E-state index in [0.717, 1.165) is 17.6 Å². The van der Waals surface area contributed by atoms with E-state index in [2.05, 4.69) is 68.8 Å². The third-order valence-electron chi connectivity index (χ3n) is 2.92. The molecule has 2 rings (SSSR count). The van der Waals surface area contributed by atoms with Crippen LogP contribution in [0.5, 0.6) is 0 Å². The van der Waals surface area contributed by atoms with Gasteiger partial charge < -0.3 is 10.2 Å². The summed E-state index contributed by atoms with van der Waals surface area (Å²) in [6.45, 7) is 1.77. The first-order chi connectivity index (χ1) is 9.16. The highest BCUT2D eigenvalue weighted by Gasteiger charge is 2.14. The molecule has 19 heavy (non-hydrogen) atoms. The van der Waals surface area contributed by atoms with Crippen LogP contribution in [0, 0.1) is 0 Å². The second kappa shape index (κ2) is 7.14. The highest BCUT2D eigenvalue weighted by Crippen LogP contribution is 2.22. The number of likely N-dealkylation sites (N-methyl/N-ethyl adjacent to an activating group) is 1. The first kappa shape index (κ1) is 14.7. The van der Waals surface area contributed by atoms with Crippen LogP contribution in [0.3, 0.4) is 0 Å². The fraction of sp³-hybridized carbons (Fsp3) is 0.357. The Balaban J connectivity index is 1.90. The van der Waals surface area contributed by atoms with E-state index in [1.165, 1.54) is 10.4 Å². The molecule has 0 saturated carbocycles. The van der Waals surface area contributed by atoms with Crippen molar-refractivity contribution in [3.63, 3.8) is 0 Å². The van der Waals surface area contributed by atoms with Gasteiger partial charge in [0.1, 0.15) is 0 Å². The predicted molar refractivity (Wildman–Crippen MR) is 84.4 cm³/mol. The summed E-state index contributed by atoms with van der Waals surface area (Å²) in [4.78, 5) is 7.81. The van der Waals surface area contributed by atoms with Crippen molar-refractivity contribution >= 4 is 27.3 Å². The summed E-state index contributed by atoms with van der Waals surface area (Å²) in [5.41, 5.74) is 1.19. The SMILES string of the molecule is CN(C)C(CNCc1cncc(Br)c1)c1cccs1. The number of nitrogens with one attached hydrogen (secondary N) is 1. The molecule has 1 N–H and O–H groups in total. The minimum absolute atomic E-state index is 0.417. The zero-order valence-corrected chi connectivity index (χ0v) is 13.5. The summed E-state index contributed by atoms with van der Waals surface area (Å²) >= 11 is 5.25. The standard InChI is InChI=1S/C14H18BrN3S/c1-18(2)13(14-4-3-5-19-14)10-17-8-11-6-12(15)9-16-7-11/h3-7,9,13,17H,8,10H2,1-2H3. The van der Waals surface area contributed by atoms with Gasteiger partial charge in [-0.15, -0.1) is 11.3 Å². The lowest BCUT2D eigenvalue weighted by molar-refractivity contribution is 0.292. The molecule has 2 heterocycles. The van der Waals surface area contributed by atoms with Crippen LogP contribution < -0.4 is 5.32 Å². The topological polar surface area (TPSA) is 28.2 Å². The molecule has 102 valence electrons. The fourth-order valence-corrected chi connectivity index (χ4v) is 3.26. The van der Waals surface area contributed by atoms with Gasteiger partial charge in [-0.05, 0) is 53.1 Å². The molecule has 0 aliphatic carbocycles. The smallest absolute Gasteiger partial charge is 0.0561 e. The molecule has 0 fully saturated rings. The molecule has 2 aromatic heterocycles. The van der Waals surface area contributed by atoms with Gasteiger partial charge >= 0.3 is 0 Å². The summed E-state index contributed by atoms with van der Waals surface area (Å²) in [5.74, 6) is 0. The second-order valence-corrected chi connectivity index (χ2v) is 6.53. The largest absolute Gasteiger partial charge is 0.311 e. The lowest BCUT2D eigenvalue weighted by atomic mass is 10.2. The van der Waals surface area contributed by atoms with Gasteiger partial charge in [0.05, 0.1) is 6.04 Å². The third-order valence-corrected chi connectivity index (χ3v) is 4.33. The molecule has 0 aliphatic rings. The molecular weight excluding hydrogens is 322 g/mol. The summed E-state index contributed by atoms with van der Waals surface area (Å²) < 4.78 is 1.02. The number of hydrogen-bond acceptors (Lipinski definition) is 4. The van der Waals surface area contributed by atoms with Gasteiger partial charge in [0.25, 0.3) is 0 Å². The summed E-state index contributed by atoms with van der Waals surface area (Å²) in [7, 11) is 4.24. The molecule has 0 aliphatic heterocycles. The molecule has 5 heteroatoms. The van der Waals surface area contributed by atoms with Crippen molar-refractivity contribution in [2.75, 3.05) is 20.6 Å². The second-order valence-electron chi connectivity index (χ2n) is 4.64. The number of halogens is 1. The van der Waals surface area contributed by atoms with E-state index < -0.39 is 0 Å². The Labute approximate surface area is 126 Å². The van der Waals surface area contributed by atoms with Gasteiger partial charge in [0.15, 0.2) is 0 Å². The Bertz CT molecular complexity index is 499. The highest BCUT2D eigenvalue weighted by molar-refractivity contribution is 9.10. The minimum Gasteiger partial charge on any atom is -0.311 e. The Morgan fingerprint density at radius 3 is 2.89 bits per heavy atom. The molecule has 2 aromatic rings. The van der Waals surface area contributed by atoms with Gasteiger partial charge in [0, 0.05) is 34.8 Å². The van der Waals surface area contributed by atoms with Crippen LogP contribution >= 0.6 is 27.3 Å². The number of nitrogens with zero attached hydrogens (tertiary/aromatic N) is 2. The van der Waals surface area contributed by atoms with Crippen LogP contribution in [-0.4, -0.2) is 30.5 Å². The summed E-state index contributed by atoms with van der Waals surface area (Å²) in [6.07, 6.45) is 3.70. The van der Waals surface area contributed by atoms with E-state index in [1.54, 1.807) is 17.5 Å². The van der Waals surface area contributed by atoms with E-state index in [4.69, 9.17) is 0 Å². The van der Waals surface area contributed by atoms with E-state index >= 15 is 0 Å². The first-order valence-electron chi connectivity index (χ1n) is 6.17. The van der Waals surface area contributed by atoms with Crippen molar-refractivity contribution < 1.29 is 0 Å². The average Bonchev–Trinajstić information content (AvgIpc) is 2.88. The van der Waals surface area contributed by atoms with E-state index in [0.29, 0.717) is 6.04 Å². The molecular formula is C14H18BrN3S. The third kappa shape index (κ3) is 4.38. The van der Waals surface area contributed by atoms with E-state index in [-0.39, 0.29) is 0 Å². The van der Waals surface area contributed by atoms with Crippen molar-refractivity contribution in [1.82, 2.24) is 15.2 Å². The van der Waals surface area contributed by atoms with Crippen LogP contribution in [0.4, 0.5) is 0 Å². The monoisotopic (exact) mass is 339 g/mol. The van der Waals surface area contributed by atoms with Crippen molar-refractivity contribution in [2.24, 2.45) is 0 Å². The number of rotatable bonds is 6. The maximum atomic E-state index is 4.17. The van der Waals surface area contributed by atoms with Gasteiger partial charge in [-0.1, -0.05) is 6.07 Å². The van der Waals surface area contributed by atoms with Crippen LogP contribution in [0.25, 0.3) is 0 Å². The van der Waals surface area contributed by atoms with Crippen molar-refractivity contribution in [3.05, 3.63) is 50.9 Å². The minimum atomic E-state index is 0.417. The Kier molecular flexibility index (Phi) is 5.51. The quantitative estimate of drug-likeness (QED) is 0.875. The normalized spacial score (nSPS) is 12.8. The average molecular weight is 340 g/mol. The fourth-order valence-electron chi connectivity index (χ4n) is 1.92. The lowest BCUT2D eigenvalue weighted by Gasteiger charge is -2.23. The number of hydrogen-bond donors (Lipinski definition) is 1. The maximum absolute atomic E-state index is 4.17. The number of thiophene rings is 1. The van der Waals surface area contributed by atoms with Gasteiger partial charge in [0.2, 0.25) is 0 Å². The Morgan fingerprint density at radius 2 is 2.26 bits per heavy atom. The first-order valence-corrected chi connectivity index (χ1v) is 7.84. The van der Waals surface area contributed by atoms with E-state index in [9.17, 15) is 0 Å². The number of pyridine rings is 1. The molecule has 0 saturated heterocycles. The van der Waals surface area contributed by atoms with Crippen molar-refractivity contribution in [2.45, 2.75) is 12.6 Å². The zero-order valence-electron chi connectivity index (χ0n) is 11.1. The van der Waals surface area contributed by atoms with Crippen LogP contribution in [-0.2, 0) is 6.54 Å². The van der Waals surface area contributed by atoms with Gasteiger partial charge in [-0.2, -0.15) is 0 Å². The molecule has 0 amide bonds. The van der Waals surface area contributed by atoms with Crippen LogP contribution in [0.15, 0.2) is 40.4 Å². The van der Waals surface area contributed by atoms with E-state index in [1.807, 2.05) is 6.20 Å². The maximum Gasteiger partial charge on any atom is 0.0561 e. The van der Waals surface area contributed by atoms with Crippen LogP contribution in [0.1, 0.15) is 16.5 Å². The van der Waals surface area contributed by atoms with Crippen LogP contribution in [0.2, 0.25) is 0 Å². The number of aromatic nitrogens is 1. The summed E-state index contributed by atoms with van der Waals surface area (Å²) in [6, 6.07) is 6.81. The Hall–Kier alpha value is -0.750. The molecule has 0 spiro atoms. The molecule has 0 bridgehead atoms. The van der Waals surface area contributed by atoms with Crippen molar-refractivity contribution in [3.8, 4) is 0 Å². The molecule has 3 nitrogen and oxygen atoms in total. The zero-order chi connectivity index (χ0) is 13.7. The lowest BCUT2D eigenvalue weighted by Crippen LogP contribution is -2.30. The van der Waals surface area contributed by atoms with Gasteiger partial charge in [-0.25, -0.2) is 0 Å². The summed E-state index contributed by atoms with van der Waals surface area (Å²) in [5, 5.41) is 5.63. The predicted octanol–water partition coefficient (Wildman–Crippen LogP) is 3.30. The molecule has 1 unspecified atom stereocenters. The highest BCUT2D eigenvalue weighted by atomic mass is 79.9. The molecule has 1 atom stereocenters. The molecule has 0 aromatic carbocycles. The van der Waals surface area contributed by atoms with Gasteiger partial charge in [-0.3, -0.25) is 4.98 Å².